The minimum atomic E-state index is -3.87. The first-order chi connectivity index (χ1) is 20.3. The van der Waals surface area contributed by atoms with E-state index in [0.717, 1.165) is 24.0 Å². The van der Waals surface area contributed by atoms with E-state index in [9.17, 15) is 19.0 Å². The molecule has 0 bridgehead atoms. The fraction of sp³-hybridized carbons (Fsp3) is 0.531. The first-order valence-electron chi connectivity index (χ1n) is 14.9. The van der Waals surface area contributed by atoms with E-state index in [1.54, 1.807) is 19.9 Å². The molecule has 43 heavy (non-hydrogen) atoms. The van der Waals surface area contributed by atoms with Crippen molar-refractivity contribution in [3.8, 4) is 0 Å². The van der Waals surface area contributed by atoms with Gasteiger partial charge in [0, 0.05) is 5.56 Å². The molecule has 234 valence electrons. The number of hydrogen-bond acceptors (Lipinski definition) is 7. The fourth-order valence-electron chi connectivity index (χ4n) is 6.95. The van der Waals surface area contributed by atoms with Gasteiger partial charge in [0.05, 0.1) is 24.3 Å². The molecule has 11 heteroatoms. The minimum Gasteiger partial charge on any atom is -0.411 e. The molecule has 2 aromatic carbocycles. The number of amides is 1. The molecule has 0 spiro atoms. The molecular weight excluding hydrogens is 588 g/mol. The average Bonchev–Trinajstić information content (AvgIpc) is 2.95. The molecule has 0 aliphatic heterocycles. The van der Waals surface area contributed by atoms with Gasteiger partial charge in [-0.05, 0) is 97.5 Å². The molecule has 0 radical (unpaired) electrons. The summed E-state index contributed by atoms with van der Waals surface area (Å²) in [7, 11) is -3.87. The maximum absolute atomic E-state index is 14.2. The smallest absolute Gasteiger partial charge is 0.357 e. The highest BCUT2D eigenvalue weighted by molar-refractivity contribution is 7.80. The number of thiocarbonyl (C=S) groups is 1. The third kappa shape index (κ3) is 6.44. The zero-order valence-corrected chi connectivity index (χ0v) is 27.5. The molecule has 4 atom stereocenters. The predicted molar refractivity (Wildman–Crippen MR) is 170 cm³/mol. The summed E-state index contributed by atoms with van der Waals surface area (Å²) in [6.07, 6.45) is 2.76. The summed E-state index contributed by atoms with van der Waals surface area (Å²) in [4.78, 5) is 14.1. The van der Waals surface area contributed by atoms with E-state index < -0.39 is 24.6 Å². The number of benzene rings is 2. The molecule has 1 saturated carbocycles. The molecule has 0 saturated heterocycles. The Morgan fingerprint density at radius 1 is 1.14 bits per heavy atom. The second kappa shape index (κ2) is 13.1. The van der Waals surface area contributed by atoms with Crippen molar-refractivity contribution in [2.45, 2.75) is 84.3 Å². The number of nitrogens with one attached hydrogen (secondary N) is 2. The summed E-state index contributed by atoms with van der Waals surface area (Å²) in [6, 6.07) is 12.0. The topological polar surface area (TPSA) is 109 Å². The Balaban J connectivity index is 1.64. The van der Waals surface area contributed by atoms with Gasteiger partial charge < -0.3 is 24.9 Å². The molecule has 0 aromatic heterocycles. The van der Waals surface area contributed by atoms with Crippen LogP contribution in [0.15, 0.2) is 47.6 Å². The first-order valence-corrected chi connectivity index (χ1v) is 17.0. The van der Waals surface area contributed by atoms with E-state index in [1.807, 2.05) is 6.92 Å². The van der Waals surface area contributed by atoms with Gasteiger partial charge in [-0.2, -0.15) is 0 Å². The van der Waals surface area contributed by atoms with Crippen LogP contribution in [-0.2, 0) is 23.8 Å². The van der Waals surface area contributed by atoms with E-state index in [2.05, 4.69) is 54.8 Å². The number of hydrogen-bond donors (Lipinski definition) is 3. The Kier molecular flexibility index (Phi) is 10.2. The minimum absolute atomic E-state index is 0.0683. The van der Waals surface area contributed by atoms with Crippen molar-refractivity contribution in [3.05, 3.63) is 70.5 Å². The lowest BCUT2D eigenvalue weighted by Crippen LogP contribution is -2.58. The monoisotopic (exact) mass is 631 g/mol. The van der Waals surface area contributed by atoms with Crippen LogP contribution in [0.5, 0.6) is 0 Å². The molecule has 1 amide bonds. The Hall–Kier alpha value is -2.65. The van der Waals surface area contributed by atoms with Crippen LogP contribution in [-0.4, -0.2) is 35.2 Å². The van der Waals surface area contributed by atoms with E-state index in [0.29, 0.717) is 30.0 Å². The molecule has 2 aliphatic carbocycles. The van der Waals surface area contributed by atoms with Crippen LogP contribution in [0.25, 0.3) is 0 Å². The SMILES string of the molecule is CCOP(=O)(OCC)C(NC(=S)NC(=O)[C@]1(C)CCC[C@]2(C)c3ccc(C(C)C)cc3/C(=N\O)C[C@@H]12)c1cccc(F)c1. The van der Waals surface area contributed by atoms with Crippen LogP contribution in [0.1, 0.15) is 101 Å². The quantitative estimate of drug-likeness (QED) is 0.113. The largest absolute Gasteiger partial charge is 0.411 e. The van der Waals surface area contributed by atoms with Gasteiger partial charge in [0.2, 0.25) is 5.91 Å². The van der Waals surface area contributed by atoms with Gasteiger partial charge in [-0.15, -0.1) is 0 Å². The van der Waals surface area contributed by atoms with Gasteiger partial charge in [-0.3, -0.25) is 9.36 Å². The highest BCUT2D eigenvalue weighted by Crippen LogP contribution is 2.60. The van der Waals surface area contributed by atoms with Crippen LogP contribution in [0.4, 0.5) is 4.39 Å². The summed E-state index contributed by atoms with van der Waals surface area (Å²) in [5.41, 5.74) is 2.88. The lowest BCUT2D eigenvalue weighted by atomic mass is 9.49. The van der Waals surface area contributed by atoms with Crippen molar-refractivity contribution >= 4 is 36.5 Å². The number of carbonyl (C=O) groups excluding carboxylic acids is 1. The summed E-state index contributed by atoms with van der Waals surface area (Å²) >= 11 is 5.58. The normalized spacial score (nSPS) is 25.1. The van der Waals surface area contributed by atoms with Crippen LogP contribution in [0.2, 0.25) is 0 Å². The Bertz CT molecular complexity index is 1440. The zero-order chi connectivity index (χ0) is 31.6. The summed E-state index contributed by atoms with van der Waals surface area (Å²) in [5, 5.41) is 19.5. The maximum Gasteiger partial charge on any atom is 0.357 e. The Labute approximate surface area is 259 Å². The van der Waals surface area contributed by atoms with Crippen LogP contribution >= 0.6 is 19.8 Å². The van der Waals surface area contributed by atoms with Crippen molar-refractivity contribution in [2.24, 2.45) is 16.5 Å². The highest BCUT2D eigenvalue weighted by Gasteiger charge is 2.56. The van der Waals surface area contributed by atoms with Gasteiger partial charge >= 0.3 is 7.60 Å². The third-order valence-corrected chi connectivity index (χ3v) is 11.7. The average molecular weight is 632 g/mol. The molecule has 0 heterocycles. The number of fused-ring (bicyclic) bond motifs is 3. The van der Waals surface area contributed by atoms with Crippen molar-refractivity contribution in [1.82, 2.24) is 10.6 Å². The van der Waals surface area contributed by atoms with E-state index in [-0.39, 0.29) is 35.6 Å². The first kappa shape index (κ1) is 33.2. The standard InChI is InChI=1S/C32H43FN3O5PS/c1-7-40-42(39,41-8-2)28(22-11-9-12-23(33)17-22)34-30(43)35-29(37)32(6)16-10-15-31(5)25-14-13-21(20(3)4)18-24(25)26(36-38)19-27(31)32/h9,11-14,17-18,20,27-28,38H,7-8,10,15-16,19H2,1-6H3,(H2,34,35,37,43)/b36-26-/t27-,28?,31-,32-/m1/s1. The van der Waals surface area contributed by atoms with Gasteiger partial charge in [-0.1, -0.05) is 63.5 Å². The lowest BCUT2D eigenvalue weighted by molar-refractivity contribution is -0.136. The number of oxime groups is 1. The van der Waals surface area contributed by atoms with E-state index >= 15 is 0 Å². The van der Waals surface area contributed by atoms with E-state index in [1.165, 1.54) is 23.8 Å². The summed E-state index contributed by atoms with van der Waals surface area (Å²) in [5.74, 6) is -1.81. The van der Waals surface area contributed by atoms with Crippen molar-refractivity contribution in [2.75, 3.05) is 13.2 Å². The highest BCUT2D eigenvalue weighted by atomic mass is 32.1. The molecule has 4 rings (SSSR count). The molecule has 8 nitrogen and oxygen atoms in total. The van der Waals surface area contributed by atoms with Crippen molar-refractivity contribution in [1.29, 1.82) is 0 Å². The van der Waals surface area contributed by atoms with Gasteiger partial charge in [0.1, 0.15) is 5.82 Å². The Morgan fingerprint density at radius 2 is 1.84 bits per heavy atom. The molecule has 2 aliphatic rings. The third-order valence-electron chi connectivity index (χ3n) is 9.20. The molecule has 3 N–H and O–H groups in total. The van der Waals surface area contributed by atoms with Gasteiger partial charge in [0.15, 0.2) is 10.9 Å². The second-order valence-corrected chi connectivity index (χ2v) is 14.7. The van der Waals surface area contributed by atoms with E-state index in [4.69, 9.17) is 21.3 Å². The van der Waals surface area contributed by atoms with Crippen LogP contribution in [0, 0.1) is 17.2 Å². The van der Waals surface area contributed by atoms with Crippen LogP contribution < -0.4 is 10.6 Å². The maximum atomic E-state index is 14.2. The Morgan fingerprint density at radius 3 is 2.44 bits per heavy atom. The van der Waals surface area contributed by atoms with Crippen LogP contribution in [0.3, 0.4) is 0 Å². The summed E-state index contributed by atoms with van der Waals surface area (Å²) in [6.45, 7) is 11.9. The number of nitrogens with zero attached hydrogens (tertiary/aromatic N) is 1. The van der Waals surface area contributed by atoms with Gasteiger partial charge in [-0.25, -0.2) is 4.39 Å². The summed E-state index contributed by atoms with van der Waals surface area (Å²) < 4.78 is 39.2. The van der Waals surface area contributed by atoms with Gasteiger partial charge in [0.25, 0.3) is 0 Å². The van der Waals surface area contributed by atoms with Crippen molar-refractivity contribution < 1.29 is 28.0 Å². The fourth-order valence-corrected chi connectivity index (χ4v) is 9.15. The molecular formula is C32H43FN3O5PS. The predicted octanol–water partition coefficient (Wildman–Crippen LogP) is 7.55. The molecule has 2 aromatic rings. The molecule has 1 fully saturated rings. The molecule has 1 unspecified atom stereocenters. The number of carbonyl (C=O) groups is 1. The zero-order valence-electron chi connectivity index (χ0n) is 25.8. The number of rotatable bonds is 9. The number of halogens is 1. The second-order valence-electron chi connectivity index (χ2n) is 12.2. The lowest BCUT2D eigenvalue weighted by Gasteiger charge is -2.54. The van der Waals surface area contributed by atoms with Crippen molar-refractivity contribution in [3.63, 3.8) is 0 Å².